The first kappa shape index (κ1) is 18.3. The van der Waals surface area contributed by atoms with Gasteiger partial charge in [-0.2, -0.15) is 0 Å². The number of morpholine rings is 1. The molecule has 6 heteroatoms. The number of pyridine rings is 1. The molecule has 1 saturated heterocycles. The molecule has 0 spiro atoms. The average molecular weight is 367 g/mol. The highest BCUT2D eigenvalue weighted by Crippen LogP contribution is 2.30. The number of rotatable bonds is 5. The van der Waals surface area contributed by atoms with Gasteiger partial charge in [0.15, 0.2) is 5.82 Å². The molecule has 1 aliphatic heterocycles. The van der Waals surface area contributed by atoms with Gasteiger partial charge in [0.1, 0.15) is 5.82 Å². The molecule has 27 heavy (non-hydrogen) atoms. The van der Waals surface area contributed by atoms with Crippen LogP contribution < -0.4 is 4.90 Å². The maximum absolute atomic E-state index is 5.85. The molecule has 4 rings (SSSR count). The van der Waals surface area contributed by atoms with Gasteiger partial charge in [0, 0.05) is 62.4 Å². The van der Waals surface area contributed by atoms with Crippen molar-refractivity contribution in [2.75, 3.05) is 38.1 Å². The van der Waals surface area contributed by atoms with E-state index in [-0.39, 0.29) is 0 Å². The summed E-state index contributed by atoms with van der Waals surface area (Å²) in [5, 5.41) is 0. The van der Waals surface area contributed by atoms with E-state index in [0.717, 1.165) is 56.2 Å². The summed E-state index contributed by atoms with van der Waals surface area (Å²) in [4.78, 5) is 18.7. The van der Waals surface area contributed by atoms with Crippen molar-refractivity contribution in [3.63, 3.8) is 0 Å². The van der Waals surface area contributed by atoms with Crippen LogP contribution in [0.5, 0.6) is 0 Å². The van der Waals surface area contributed by atoms with Gasteiger partial charge < -0.3 is 9.64 Å². The predicted octanol–water partition coefficient (Wildman–Crippen LogP) is 2.57. The Kier molecular flexibility index (Phi) is 5.36. The van der Waals surface area contributed by atoms with Crippen molar-refractivity contribution in [3.8, 4) is 11.4 Å². The minimum Gasteiger partial charge on any atom is -0.373 e. The van der Waals surface area contributed by atoms with E-state index in [4.69, 9.17) is 14.7 Å². The first-order valence-corrected chi connectivity index (χ1v) is 9.99. The standard InChI is InChI=1S/C21H29N5O/c1-15-13-26(14-16(2)27-15)12-11-25(3)21-18-5-4-6-19(18)23-20(24-21)17-7-9-22-10-8-17/h7-10,15-16H,4-6,11-14H2,1-3H3/t15-,16+. The fourth-order valence-corrected chi connectivity index (χ4v) is 4.22. The predicted molar refractivity (Wildman–Crippen MR) is 107 cm³/mol. The lowest BCUT2D eigenvalue weighted by Crippen LogP contribution is -2.47. The van der Waals surface area contributed by atoms with Crippen molar-refractivity contribution in [2.45, 2.75) is 45.3 Å². The highest BCUT2D eigenvalue weighted by atomic mass is 16.5. The number of ether oxygens (including phenoxy) is 1. The van der Waals surface area contributed by atoms with Crippen molar-refractivity contribution in [2.24, 2.45) is 0 Å². The van der Waals surface area contributed by atoms with E-state index in [1.807, 2.05) is 12.1 Å². The zero-order chi connectivity index (χ0) is 18.8. The summed E-state index contributed by atoms with van der Waals surface area (Å²) in [6.45, 7) is 8.30. The van der Waals surface area contributed by atoms with Crippen molar-refractivity contribution in [1.29, 1.82) is 0 Å². The molecule has 0 unspecified atom stereocenters. The lowest BCUT2D eigenvalue weighted by molar-refractivity contribution is -0.0670. The molecule has 0 N–H and O–H groups in total. The van der Waals surface area contributed by atoms with E-state index in [9.17, 15) is 0 Å². The molecule has 2 aromatic heterocycles. The number of fused-ring (bicyclic) bond motifs is 1. The molecular weight excluding hydrogens is 338 g/mol. The van der Waals surface area contributed by atoms with E-state index in [1.54, 1.807) is 12.4 Å². The van der Waals surface area contributed by atoms with Crippen LogP contribution in [0.4, 0.5) is 5.82 Å². The van der Waals surface area contributed by atoms with Crippen LogP contribution in [0.25, 0.3) is 11.4 Å². The van der Waals surface area contributed by atoms with E-state index < -0.39 is 0 Å². The van der Waals surface area contributed by atoms with Crippen molar-refractivity contribution >= 4 is 5.82 Å². The topological polar surface area (TPSA) is 54.4 Å². The Labute approximate surface area is 161 Å². The molecule has 0 radical (unpaired) electrons. The smallest absolute Gasteiger partial charge is 0.161 e. The van der Waals surface area contributed by atoms with Gasteiger partial charge in [-0.25, -0.2) is 9.97 Å². The lowest BCUT2D eigenvalue weighted by Gasteiger charge is -2.36. The molecule has 0 bridgehead atoms. The largest absolute Gasteiger partial charge is 0.373 e. The summed E-state index contributed by atoms with van der Waals surface area (Å²) in [6.07, 6.45) is 7.52. The zero-order valence-electron chi connectivity index (χ0n) is 16.6. The molecule has 2 atom stereocenters. The molecule has 0 aromatic carbocycles. The maximum atomic E-state index is 5.85. The van der Waals surface area contributed by atoms with Gasteiger partial charge in [0.2, 0.25) is 0 Å². The monoisotopic (exact) mass is 367 g/mol. The second-order valence-corrected chi connectivity index (χ2v) is 7.82. The van der Waals surface area contributed by atoms with Crippen LogP contribution in [0.1, 0.15) is 31.5 Å². The van der Waals surface area contributed by atoms with Crippen molar-refractivity contribution in [3.05, 3.63) is 35.8 Å². The summed E-state index contributed by atoms with van der Waals surface area (Å²) >= 11 is 0. The Morgan fingerprint density at radius 1 is 1.11 bits per heavy atom. The van der Waals surface area contributed by atoms with Crippen LogP contribution in [0.2, 0.25) is 0 Å². The molecule has 144 valence electrons. The zero-order valence-corrected chi connectivity index (χ0v) is 16.6. The summed E-state index contributed by atoms with van der Waals surface area (Å²) in [5.74, 6) is 1.91. The first-order chi connectivity index (χ1) is 13.1. The quantitative estimate of drug-likeness (QED) is 0.810. The first-order valence-electron chi connectivity index (χ1n) is 9.99. The number of likely N-dealkylation sites (N-methyl/N-ethyl adjacent to an activating group) is 1. The van der Waals surface area contributed by atoms with E-state index >= 15 is 0 Å². The Hall–Kier alpha value is -2.05. The highest BCUT2D eigenvalue weighted by molar-refractivity contribution is 5.60. The molecule has 0 amide bonds. The Bertz CT molecular complexity index is 772. The van der Waals surface area contributed by atoms with Gasteiger partial charge in [-0.15, -0.1) is 0 Å². The van der Waals surface area contributed by atoms with Crippen LogP contribution >= 0.6 is 0 Å². The molecule has 6 nitrogen and oxygen atoms in total. The van der Waals surface area contributed by atoms with Gasteiger partial charge in [-0.3, -0.25) is 9.88 Å². The number of hydrogen-bond acceptors (Lipinski definition) is 6. The number of aromatic nitrogens is 3. The molecule has 0 saturated carbocycles. The van der Waals surface area contributed by atoms with Gasteiger partial charge in [-0.1, -0.05) is 0 Å². The van der Waals surface area contributed by atoms with Gasteiger partial charge in [0.25, 0.3) is 0 Å². The summed E-state index contributed by atoms with van der Waals surface area (Å²) in [7, 11) is 2.16. The summed E-state index contributed by atoms with van der Waals surface area (Å²) in [6, 6.07) is 3.97. The van der Waals surface area contributed by atoms with Gasteiger partial charge >= 0.3 is 0 Å². The molecular formula is C21H29N5O. The third-order valence-corrected chi connectivity index (χ3v) is 5.46. The molecule has 2 aromatic rings. The normalized spacial score (nSPS) is 22.6. The molecule has 1 fully saturated rings. The Morgan fingerprint density at radius 2 is 1.85 bits per heavy atom. The van der Waals surface area contributed by atoms with Crippen LogP contribution in [0, 0.1) is 0 Å². The Morgan fingerprint density at radius 3 is 2.59 bits per heavy atom. The fraction of sp³-hybridized carbons (Fsp3) is 0.571. The number of anilines is 1. The van der Waals surface area contributed by atoms with Crippen LogP contribution in [-0.4, -0.2) is 65.3 Å². The number of nitrogens with zero attached hydrogens (tertiary/aromatic N) is 5. The molecule has 2 aliphatic rings. The van der Waals surface area contributed by atoms with Gasteiger partial charge in [-0.05, 0) is 45.2 Å². The number of hydrogen-bond donors (Lipinski definition) is 0. The second kappa shape index (κ2) is 7.90. The number of aryl methyl sites for hydroxylation is 1. The van der Waals surface area contributed by atoms with Crippen LogP contribution in [-0.2, 0) is 17.6 Å². The fourth-order valence-electron chi connectivity index (χ4n) is 4.22. The third kappa shape index (κ3) is 4.12. The van der Waals surface area contributed by atoms with E-state index in [0.29, 0.717) is 12.2 Å². The summed E-state index contributed by atoms with van der Waals surface area (Å²) in [5.41, 5.74) is 3.58. The Balaban J connectivity index is 1.53. The lowest BCUT2D eigenvalue weighted by atomic mass is 10.2. The minimum absolute atomic E-state index is 0.306. The van der Waals surface area contributed by atoms with Gasteiger partial charge in [0.05, 0.1) is 12.2 Å². The third-order valence-electron chi connectivity index (χ3n) is 5.46. The highest BCUT2D eigenvalue weighted by Gasteiger charge is 2.24. The SMILES string of the molecule is C[C@@H]1CN(CCN(C)c2nc(-c3ccncc3)nc3c2CCC3)C[C@H](C)O1. The summed E-state index contributed by atoms with van der Waals surface area (Å²) < 4.78 is 5.85. The van der Waals surface area contributed by atoms with Crippen molar-refractivity contribution in [1.82, 2.24) is 19.9 Å². The maximum Gasteiger partial charge on any atom is 0.161 e. The van der Waals surface area contributed by atoms with E-state index in [1.165, 1.54) is 17.7 Å². The van der Waals surface area contributed by atoms with Crippen LogP contribution in [0.3, 0.4) is 0 Å². The average Bonchev–Trinajstić information content (AvgIpc) is 3.14. The molecule has 3 heterocycles. The van der Waals surface area contributed by atoms with Crippen molar-refractivity contribution < 1.29 is 4.74 Å². The minimum atomic E-state index is 0.306. The van der Waals surface area contributed by atoms with Crippen LogP contribution in [0.15, 0.2) is 24.5 Å². The second-order valence-electron chi connectivity index (χ2n) is 7.82. The molecule has 1 aliphatic carbocycles. The van der Waals surface area contributed by atoms with E-state index in [2.05, 4.69) is 35.7 Å².